The van der Waals surface area contributed by atoms with Crippen LogP contribution < -0.4 is 0 Å². The molecule has 6 heteroatoms. The fourth-order valence-electron chi connectivity index (χ4n) is 2.78. The van der Waals surface area contributed by atoms with Gasteiger partial charge in [-0.15, -0.1) is 0 Å². The van der Waals surface area contributed by atoms with Gasteiger partial charge >= 0.3 is 5.97 Å². The summed E-state index contributed by atoms with van der Waals surface area (Å²) in [7, 11) is 0. The number of hydroxylamine groups is 2. The monoisotopic (exact) mass is 332 g/mol. The van der Waals surface area contributed by atoms with E-state index in [0.29, 0.717) is 10.6 Å². The summed E-state index contributed by atoms with van der Waals surface area (Å²) in [5.41, 5.74) is 2.05. The van der Waals surface area contributed by atoms with E-state index in [-0.39, 0.29) is 16.8 Å². The maximum absolute atomic E-state index is 12.5. The van der Waals surface area contributed by atoms with Crippen molar-refractivity contribution in [2.75, 3.05) is 0 Å². The van der Waals surface area contributed by atoms with Crippen molar-refractivity contribution in [1.29, 1.82) is 0 Å². The SMILES string of the molecule is O=C(ON1C(=O)c2ccccc2C1=O)c1[nH]ccc1-c1ccccc1. The molecule has 0 saturated heterocycles. The quantitative estimate of drug-likeness (QED) is 0.748. The molecule has 122 valence electrons. The predicted octanol–water partition coefficient (Wildman–Crippen LogP) is 3.05. The Labute approximate surface area is 142 Å². The molecule has 0 atom stereocenters. The predicted molar refractivity (Wildman–Crippen MR) is 88.6 cm³/mol. The lowest BCUT2D eigenvalue weighted by atomic mass is 10.1. The van der Waals surface area contributed by atoms with Crippen LogP contribution in [0.5, 0.6) is 0 Å². The summed E-state index contributed by atoms with van der Waals surface area (Å²) in [5, 5.41) is 0.503. The zero-order chi connectivity index (χ0) is 17.4. The van der Waals surface area contributed by atoms with Gasteiger partial charge in [-0.2, -0.15) is 0 Å². The lowest BCUT2D eigenvalue weighted by Gasteiger charge is -2.13. The summed E-state index contributed by atoms with van der Waals surface area (Å²) in [6.45, 7) is 0. The maximum atomic E-state index is 12.5. The fourth-order valence-corrected chi connectivity index (χ4v) is 2.78. The summed E-state index contributed by atoms with van der Waals surface area (Å²) in [5.74, 6) is -2.11. The lowest BCUT2D eigenvalue weighted by molar-refractivity contribution is -0.0587. The number of imide groups is 1. The van der Waals surface area contributed by atoms with Crippen LogP contribution in [0.4, 0.5) is 0 Å². The van der Waals surface area contributed by atoms with Crippen LogP contribution in [-0.2, 0) is 4.84 Å². The second kappa shape index (κ2) is 5.76. The minimum atomic E-state index is -0.807. The average molecular weight is 332 g/mol. The van der Waals surface area contributed by atoms with Crippen molar-refractivity contribution in [2.45, 2.75) is 0 Å². The maximum Gasteiger partial charge on any atom is 0.380 e. The van der Waals surface area contributed by atoms with E-state index in [1.54, 1.807) is 24.4 Å². The number of amides is 2. The first-order valence-corrected chi connectivity index (χ1v) is 7.60. The number of carbonyl (C=O) groups excluding carboxylic acids is 3. The molecule has 1 aliphatic heterocycles. The average Bonchev–Trinajstić information content (AvgIpc) is 3.23. The van der Waals surface area contributed by atoms with E-state index in [4.69, 9.17) is 4.84 Å². The molecule has 0 unspecified atom stereocenters. The number of benzene rings is 2. The van der Waals surface area contributed by atoms with E-state index in [2.05, 4.69) is 4.98 Å². The smallest absolute Gasteiger partial charge is 0.355 e. The molecule has 2 amide bonds. The largest absolute Gasteiger partial charge is 0.380 e. The van der Waals surface area contributed by atoms with Gasteiger partial charge in [0.25, 0.3) is 11.8 Å². The number of fused-ring (bicyclic) bond motifs is 1. The molecule has 2 heterocycles. The summed E-state index contributed by atoms with van der Waals surface area (Å²) in [4.78, 5) is 45.0. The number of hydrogen-bond donors (Lipinski definition) is 1. The Kier molecular flexibility index (Phi) is 3.43. The molecule has 0 spiro atoms. The van der Waals surface area contributed by atoms with Gasteiger partial charge in [-0.25, -0.2) is 4.79 Å². The molecule has 0 bridgehead atoms. The van der Waals surface area contributed by atoms with Crippen molar-refractivity contribution in [3.63, 3.8) is 0 Å². The van der Waals surface area contributed by atoms with Crippen molar-refractivity contribution in [1.82, 2.24) is 10.0 Å². The third kappa shape index (κ3) is 2.40. The second-order valence-electron chi connectivity index (χ2n) is 5.46. The van der Waals surface area contributed by atoms with Crippen LogP contribution in [0.25, 0.3) is 11.1 Å². The van der Waals surface area contributed by atoms with Crippen LogP contribution in [0, 0.1) is 0 Å². The van der Waals surface area contributed by atoms with Crippen LogP contribution >= 0.6 is 0 Å². The third-order valence-corrected chi connectivity index (χ3v) is 3.97. The molecular weight excluding hydrogens is 320 g/mol. The number of H-pyrrole nitrogens is 1. The number of carbonyl (C=O) groups is 3. The molecule has 0 fully saturated rings. The number of hydrogen-bond acceptors (Lipinski definition) is 4. The standard InChI is InChI=1S/C19H12N2O4/c22-17-14-8-4-5-9-15(14)18(23)21(17)25-19(24)16-13(10-11-20-16)12-6-2-1-3-7-12/h1-11,20H. The van der Waals surface area contributed by atoms with Crippen LogP contribution in [0.1, 0.15) is 31.2 Å². The van der Waals surface area contributed by atoms with E-state index in [1.165, 1.54) is 12.1 Å². The number of nitrogens with one attached hydrogen (secondary N) is 1. The fraction of sp³-hybridized carbons (Fsp3) is 0. The van der Waals surface area contributed by atoms with Crippen LogP contribution in [0.15, 0.2) is 66.9 Å². The highest BCUT2D eigenvalue weighted by molar-refractivity contribution is 6.21. The Morgan fingerprint density at radius 1 is 0.800 bits per heavy atom. The highest BCUT2D eigenvalue weighted by atomic mass is 16.7. The molecular formula is C19H12N2O4. The Morgan fingerprint density at radius 2 is 1.40 bits per heavy atom. The molecule has 1 aromatic heterocycles. The van der Waals surface area contributed by atoms with Gasteiger partial charge in [0.1, 0.15) is 5.69 Å². The molecule has 1 N–H and O–H groups in total. The molecule has 1 aliphatic rings. The third-order valence-electron chi connectivity index (χ3n) is 3.97. The van der Waals surface area contributed by atoms with Gasteiger partial charge < -0.3 is 9.82 Å². The van der Waals surface area contributed by atoms with Gasteiger partial charge in [0.15, 0.2) is 0 Å². The lowest BCUT2D eigenvalue weighted by Crippen LogP contribution is -2.32. The van der Waals surface area contributed by atoms with Crippen LogP contribution in [0.2, 0.25) is 0 Å². The van der Waals surface area contributed by atoms with E-state index in [0.717, 1.165) is 5.56 Å². The van der Waals surface area contributed by atoms with Gasteiger partial charge in [-0.3, -0.25) is 9.59 Å². The zero-order valence-corrected chi connectivity index (χ0v) is 12.9. The van der Waals surface area contributed by atoms with Crippen molar-refractivity contribution in [3.05, 3.63) is 83.7 Å². The number of rotatable bonds is 3. The Hall–Kier alpha value is -3.67. The van der Waals surface area contributed by atoms with Crippen molar-refractivity contribution < 1.29 is 19.2 Å². The van der Waals surface area contributed by atoms with Gasteiger partial charge in [0.05, 0.1) is 11.1 Å². The van der Waals surface area contributed by atoms with Gasteiger partial charge in [0.2, 0.25) is 0 Å². The summed E-state index contributed by atoms with van der Waals surface area (Å²) in [6, 6.07) is 17.3. The molecule has 0 radical (unpaired) electrons. The highest BCUT2D eigenvalue weighted by Gasteiger charge is 2.39. The summed E-state index contributed by atoms with van der Waals surface area (Å²) >= 11 is 0. The Bertz CT molecular complexity index is 956. The Balaban J connectivity index is 1.62. The van der Waals surface area contributed by atoms with Gasteiger partial charge in [-0.05, 0) is 23.8 Å². The first-order valence-electron chi connectivity index (χ1n) is 7.60. The number of aromatic amines is 1. The molecule has 3 aromatic rings. The van der Waals surface area contributed by atoms with E-state index in [9.17, 15) is 14.4 Å². The number of aromatic nitrogens is 1. The van der Waals surface area contributed by atoms with Crippen molar-refractivity contribution in [3.8, 4) is 11.1 Å². The minimum absolute atomic E-state index is 0.169. The van der Waals surface area contributed by atoms with Crippen molar-refractivity contribution >= 4 is 17.8 Å². The highest BCUT2D eigenvalue weighted by Crippen LogP contribution is 2.26. The number of nitrogens with zero attached hydrogens (tertiary/aromatic N) is 1. The molecule has 4 rings (SSSR count). The van der Waals surface area contributed by atoms with Crippen molar-refractivity contribution in [2.24, 2.45) is 0 Å². The molecule has 2 aromatic carbocycles. The summed E-state index contributed by atoms with van der Waals surface area (Å²) < 4.78 is 0. The normalized spacial score (nSPS) is 13.0. The topological polar surface area (TPSA) is 79.5 Å². The van der Waals surface area contributed by atoms with E-state index >= 15 is 0 Å². The molecule has 6 nitrogen and oxygen atoms in total. The first-order chi connectivity index (χ1) is 12.2. The van der Waals surface area contributed by atoms with Crippen LogP contribution in [0.3, 0.4) is 0 Å². The zero-order valence-electron chi connectivity index (χ0n) is 12.9. The minimum Gasteiger partial charge on any atom is -0.355 e. The Morgan fingerprint density at radius 3 is 2.04 bits per heavy atom. The first kappa shape index (κ1) is 14.9. The molecule has 0 saturated carbocycles. The molecule has 25 heavy (non-hydrogen) atoms. The second-order valence-corrected chi connectivity index (χ2v) is 5.46. The van der Waals surface area contributed by atoms with Crippen LogP contribution in [-0.4, -0.2) is 27.8 Å². The van der Waals surface area contributed by atoms with E-state index < -0.39 is 17.8 Å². The van der Waals surface area contributed by atoms with Gasteiger partial charge in [0, 0.05) is 11.8 Å². The summed E-state index contributed by atoms with van der Waals surface area (Å²) in [6.07, 6.45) is 1.60. The van der Waals surface area contributed by atoms with Gasteiger partial charge in [-0.1, -0.05) is 47.5 Å². The molecule has 0 aliphatic carbocycles. The van der Waals surface area contributed by atoms with E-state index in [1.807, 2.05) is 30.3 Å².